The average Bonchev–Trinajstić information content (AvgIpc) is 3.13. The third-order valence-corrected chi connectivity index (χ3v) is 5.61. The molecule has 4 aromatic rings. The fourth-order valence-electron chi connectivity index (χ4n) is 3.63. The van der Waals surface area contributed by atoms with Gasteiger partial charge in [-0.15, -0.1) is 11.3 Å². The minimum atomic E-state index is -0.0192. The fraction of sp³-hybridized carbons (Fsp3) is 0.250. The highest BCUT2D eigenvalue weighted by Crippen LogP contribution is 2.24. The summed E-state index contributed by atoms with van der Waals surface area (Å²) >= 11 is 1.52. The van der Waals surface area contributed by atoms with Gasteiger partial charge in [-0.05, 0) is 17.0 Å². The summed E-state index contributed by atoms with van der Waals surface area (Å²) in [5, 5.41) is 2.01. The highest BCUT2D eigenvalue weighted by molar-refractivity contribution is 7.15. The lowest BCUT2D eigenvalue weighted by molar-refractivity contribution is 0.225. The number of hydrogen-bond donors (Lipinski definition) is 0. The van der Waals surface area contributed by atoms with Crippen LogP contribution in [0.3, 0.4) is 0 Å². The Morgan fingerprint density at radius 1 is 1.00 bits per heavy atom. The van der Waals surface area contributed by atoms with Crippen LogP contribution in [0.15, 0.2) is 76.9 Å². The maximum atomic E-state index is 12.9. The first kappa shape index (κ1) is 19.6. The summed E-state index contributed by atoms with van der Waals surface area (Å²) in [5.74, 6) is 0.537. The van der Waals surface area contributed by atoms with E-state index in [0.29, 0.717) is 12.5 Å². The van der Waals surface area contributed by atoms with Gasteiger partial charge in [0, 0.05) is 31.1 Å². The molecule has 0 N–H and O–H groups in total. The van der Waals surface area contributed by atoms with E-state index in [2.05, 4.69) is 43.0 Å². The second-order valence-electron chi connectivity index (χ2n) is 7.74. The normalized spacial score (nSPS) is 11.6. The summed E-state index contributed by atoms with van der Waals surface area (Å²) in [6, 6.07) is 22.1. The van der Waals surface area contributed by atoms with E-state index in [4.69, 9.17) is 4.98 Å². The van der Waals surface area contributed by atoms with E-state index in [1.807, 2.05) is 41.8 Å². The second kappa shape index (κ2) is 8.72. The molecule has 0 unspecified atom stereocenters. The van der Waals surface area contributed by atoms with Gasteiger partial charge in [-0.3, -0.25) is 14.1 Å². The Morgan fingerprint density at radius 2 is 1.69 bits per heavy atom. The molecule has 2 aromatic carbocycles. The summed E-state index contributed by atoms with van der Waals surface area (Å²) < 4.78 is 1.72. The molecule has 5 heteroatoms. The van der Waals surface area contributed by atoms with E-state index in [-0.39, 0.29) is 5.56 Å². The zero-order valence-corrected chi connectivity index (χ0v) is 17.6. The molecule has 4 rings (SSSR count). The summed E-state index contributed by atoms with van der Waals surface area (Å²) in [5.41, 5.74) is 4.01. The number of nitrogens with zero attached hydrogens (tertiary/aromatic N) is 3. The van der Waals surface area contributed by atoms with Crippen molar-refractivity contribution < 1.29 is 0 Å². The Labute approximate surface area is 175 Å². The van der Waals surface area contributed by atoms with E-state index in [1.165, 1.54) is 16.9 Å². The van der Waals surface area contributed by atoms with Crippen LogP contribution in [0.1, 0.15) is 25.1 Å². The van der Waals surface area contributed by atoms with Crippen molar-refractivity contribution in [2.45, 2.75) is 26.9 Å². The van der Waals surface area contributed by atoms with Gasteiger partial charge < -0.3 is 0 Å². The smallest absolute Gasteiger partial charge is 0.259 e. The third-order valence-electron chi connectivity index (χ3n) is 4.79. The maximum Gasteiger partial charge on any atom is 0.259 e. The minimum Gasteiger partial charge on any atom is -0.293 e. The molecule has 148 valence electrons. The predicted molar refractivity (Wildman–Crippen MR) is 120 cm³/mol. The SMILES string of the molecule is CC(C)CN(Cc1ccccc1)Cc1cc(=O)n2c(-c3ccccc3)csc2n1. The third kappa shape index (κ3) is 4.63. The van der Waals surface area contributed by atoms with Crippen LogP contribution in [0.2, 0.25) is 0 Å². The van der Waals surface area contributed by atoms with Crippen molar-refractivity contribution in [3.8, 4) is 11.3 Å². The van der Waals surface area contributed by atoms with E-state index < -0.39 is 0 Å². The molecule has 0 radical (unpaired) electrons. The monoisotopic (exact) mass is 403 g/mol. The van der Waals surface area contributed by atoms with Crippen LogP contribution in [0.4, 0.5) is 0 Å². The van der Waals surface area contributed by atoms with Gasteiger partial charge in [-0.1, -0.05) is 74.5 Å². The molecule has 0 atom stereocenters. The molecule has 4 nitrogen and oxygen atoms in total. The molecule has 2 aromatic heterocycles. The molecule has 0 spiro atoms. The van der Waals surface area contributed by atoms with E-state index in [9.17, 15) is 4.79 Å². The van der Waals surface area contributed by atoms with Crippen LogP contribution < -0.4 is 5.56 Å². The number of thiazole rings is 1. The van der Waals surface area contributed by atoms with Gasteiger partial charge in [-0.2, -0.15) is 0 Å². The van der Waals surface area contributed by atoms with Gasteiger partial charge in [0.15, 0.2) is 4.96 Å². The molecule has 29 heavy (non-hydrogen) atoms. The molecule has 0 saturated heterocycles. The molecule has 0 aliphatic rings. The van der Waals surface area contributed by atoms with Crippen LogP contribution in [0, 0.1) is 5.92 Å². The minimum absolute atomic E-state index is 0.0192. The zero-order valence-electron chi connectivity index (χ0n) is 16.8. The topological polar surface area (TPSA) is 37.6 Å². The van der Waals surface area contributed by atoms with E-state index >= 15 is 0 Å². The molecule has 2 heterocycles. The number of benzene rings is 2. The van der Waals surface area contributed by atoms with Crippen LogP contribution in [0.25, 0.3) is 16.2 Å². The first-order valence-electron chi connectivity index (χ1n) is 9.92. The summed E-state index contributed by atoms with van der Waals surface area (Å²) in [6.45, 7) is 6.90. The Morgan fingerprint density at radius 3 is 2.38 bits per heavy atom. The Bertz CT molecular complexity index is 1130. The van der Waals surface area contributed by atoms with Gasteiger partial charge in [0.1, 0.15) is 0 Å². The van der Waals surface area contributed by atoms with Crippen LogP contribution in [0.5, 0.6) is 0 Å². The molecule has 0 amide bonds. The number of hydrogen-bond acceptors (Lipinski definition) is 4. The van der Waals surface area contributed by atoms with Crippen molar-refractivity contribution in [2.24, 2.45) is 5.92 Å². The Balaban J connectivity index is 1.63. The van der Waals surface area contributed by atoms with Crippen LogP contribution in [-0.2, 0) is 13.1 Å². The second-order valence-corrected chi connectivity index (χ2v) is 8.58. The average molecular weight is 404 g/mol. The summed E-state index contributed by atoms with van der Waals surface area (Å²) in [7, 11) is 0. The molecule has 0 saturated carbocycles. The summed E-state index contributed by atoms with van der Waals surface area (Å²) in [4.78, 5) is 20.8. The van der Waals surface area contributed by atoms with Crippen molar-refractivity contribution in [1.29, 1.82) is 0 Å². The number of rotatable bonds is 7. The van der Waals surface area contributed by atoms with Gasteiger partial charge in [0.25, 0.3) is 5.56 Å². The fourth-order valence-corrected chi connectivity index (χ4v) is 4.55. The van der Waals surface area contributed by atoms with Gasteiger partial charge >= 0.3 is 0 Å². The molecule has 0 aliphatic heterocycles. The van der Waals surface area contributed by atoms with Gasteiger partial charge in [-0.25, -0.2) is 4.98 Å². The summed E-state index contributed by atoms with van der Waals surface area (Å²) in [6.07, 6.45) is 0. The first-order valence-corrected chi connectivity index (χ1v) is 10.8. The largest absolute Gasteiger partial charge is 0.293 e. The lowest BCUT2D eigenvalue weighted by Crippen LogP contribution is -2.28. The molecular weight excluding hydrogens is 378 g/mol. The van der Waals surface area contributed by atoms with Crippen molar-refractivity contribution in [3.63, 3.8) is 0 Å². The highest BCUT2D eigenvalue weighted by atomic mass is 32.1. The maximum absolute atomic E-state index is 12.9. The zero-order chi connectivity index (χ0) is 20.2. The predicted octanol–water partition coefficient (Wildman–Crippen LogP) is 5.08. The Kier molecular flexibility index (Phi) is 5.88. The first-order chi connectivity index (χ1) is 14.1. The van der Waals surface area contributed by atoms with Crippen molar-refractivity contribution in [2.75, 3.05) is 6.54 Å². The van der Waals surface area contributed by atoms with Gasteiger partial charge in [0.2, 0.25) is 0 Å². The van der Waals surface area contributed by atoms with Crippen LogP contribution >= 0.6 is 11.3 Å². The molecular formula is C24H25N3OS. The highest BCUT2D eigenvalue weighted by Gasteiger charge is 2.14. The molecule has 0 bridgehead atoms. The number of fused-ring (bicyclic) bond motifs is 1. The number of aromatic nitrogens is 2. The molecule has 0 aliphatic carbocycles. The standard InChI is InChI=1S/C24H25N3OS/c1-18(2)14-26(15-19-9-5-3-6-10-19)16-21-13-23(28)27-22(17-29-24(27)25-21)20-11-7-4-8-12-20/h3-13,17-18H,14-16H2,1-2H3. The van der Waals surface area contributed by atoms with Crippen molar-refractivity contribution in [1.82, 2.24) is 14.3 Å². The Hall–Kier alpha value is -2.76. The van der Waals surface area contributed by atoms with E-state index in [1.54, 1.807) is 10.5 Å². The van der Waals surface area contributed by atoms with Crippen molar-refractivity contribution >= 4 is 16.3 Å². The van der Waals surface area contributed by atoms with Crippen molar-refractivity contribution in [3.05, 3.63) is 93.7 Å². The van der Waals surface area contributed by atoms with Crippen LogP contribution in [-0.4, -0.2) is 20.8 Å². The molecule has 0 fully saturated rings. The quantitative estimate of drug-likeness (QED) is 0.432. The lowest BCUT2D eigenvalue weighted by atomic mass is 10.1. The lowest BCUT2D eigenvalue weighted by Gasteiger charge is -2.24. The van der Waals surface area contributed by atoms with E-state index in [0.717, 1.165) is 35.0 Å². The van der Waals surface area contributed by atoms with Gasteiger partial charge in [0.05, 0.1) is 11.4 Å².